The molecule has 8 heteroatoms. The SMILES string of the molecule is COc1cccc(N([C@H](C)C(=O)Nc2cccc(Br)c2)S(C)(=O)=O)c1. The minimum atomic E-state index is -3.68. The number of ether oxygens (including phenoxy) is 1. The van der Waals surface area contributed by atoms with Crippen molar-refractivity contribution in [3.8, 4) is 5.75 Å². The van der Waals surface area contributed by atoms with Gasteiger partial charge in [-0.1, -0.05) is 28.1 Å². The standard InChI is InChI=1S/C17H19BrN2O4S/c1-12(17(21)19-14-7-4-6-13(18)10-14)20(25(3,22)23)15-8-5-9-16(11-15)24-2/h4-12H,1-3H3,(H,19,21)/t12-/m1/s1. The van der Waals surface area contributed by atoms with Crippen LogP contribution in [0.3, 0.4) is 0 Å². The molecule has 0 radical (unpaired) electrons. The summed E-state index contributed by atoms with van der Waals surface area (Å²) in [5.41, 5.74) is 0.934. The van der Waals surface area contributed by atoms with Crippen molar-refractivity contribution >= 4 is 43.2 Å². The number of methoxy groups -OCH3 is 1. The van der Waals surface area contributed by atoms with Crippen LogP contribution in [0.5, 0.6) is 5.75 Å². The molecule has 6 nitrogen and oxygen atoms in total. The number of halogens is 1. The van der Waals surface area contributed by atoms with E-state index in [-0.39, 0.29) is 0 Å². The number of benzene rings is 2. The fourth-order valence-corrected chi connectivity index (χ4v) is 3.94. The third kappa shape index (κ3) is 4.96. The number of carbonyl (C=O) groups excluding carboxylic acids is 1. The predicted octanol–water partition coefficient (Wildman–Crippen LogP) is 3.25. The fourth-order valence-electron chi connectivity index (χ4n) is 2.37. The molecule has 0 saturated heterocycles. The summed E-state index contributed by atoms with van der Waals surface area (Å²) < 4.78 is 31.6. The van der Waals surface area contributed by atoms with Crippen LogP contribution in [0.25, 0.3) is 0 Å². The van der Waals surface area contributed by atoms with Crippen molar-refractivity contribution in [2.75, 3.05) is 23.0 Å². The van der Waals surface area contributed by atoms with Crippen LogP contribution in [-0.4, -0.2) is 33.7 Å². The minimum Gasteiger partial charge on any atom is -0.497 e. The van der Waals surface area contributed by atoms with Gasteiger partial charge in [0, 0.05) is 16.2 Å². The summed E-state index contributed by atoms with van der Waals surface area (Å²) in [6, 6.07) is 12.7. The lowest BCUT2D eigenvalue weighted by molar-refractivity contribution is -0.116. The van der Waals surface area contributed by atoms with Crippen LogP contribution in [0.15, 0.2) is 53.0 Å². The highest BCUT2D eigenvalue weighted by Crippen LogP contribution is 2.26. The number of nitrogens with zero attached hydrogens (tertiary/aromatic N) is 1. The monoisotopic (exact) mass is 426 g/mol. The van der Waals surface area contributed by atoms with Crippen molar-refractivity contribution in [3.05, 3.63) is 53.0 Å². The minimum absolute atomic E-state index is 0.360. The summed E-state index contributed by atoms with van der Waals surface area (Å²) in [7, 11) is -2.19. The zero-order valence-electron chi connectivity index (χ0n) is 14.1. The van der Waals surface area contributed by atoms with E-state index < -0.39 is 22.0 Å². The molecule has 0 saturated carbocycles. The molecule has 0 aromatic heterocycles. The van der Waals surface area contributed by atoms with Crippen LogP contribution < -0.4 is 14.4 Å². The first-order valence-corrected chi connectivity index (χ1v) is 10.1. The molecule has 0 aliphatic heterocycles. The molecule has 1 N–H and O–H groups in total. The summed E-state index contributed by atoms with van der Waals surface area (Å²) in [6.07, 6.45) is 1.06. The molecule has 0 fully saturated rings. The zero-order chi connectivity index (χ0) is 18.6. The molecule has 2 rings (SSSR count). The Balaban J connectivity index is 2.32. The van der Waals surface area contributed by atoms with E-state index in [1.54, 1.807) is 42.5 Å². The third-order valence-electron chi connectivity index (χ3n) is 3.49. The molecule has 2 aromatic rings. The number of amides is 1. The quantitative estimate of drug-likeness (QED) is 0.768. The van der Waals surface area contributed by atoms with Crippen LogP contribution in [-0.2, 0) is 14.8 Å². The fraction of sp³-hybridized carbons (Fsp3) is 0.235. The summed E-state index contributed by atoms with van der Waals surface area (Å²) in [6.45, 7) is 1.54. The van der Waals surface area contributed by atoms with Gasteiger partial charge in [-0.15, -0.1) is 0 Å². The van der Waals surface area contributed by atoms with E-state index in [1.807, 2.05) is 6.07 Å². The second-order valence-electron chi connectivity index (χ2n) is 5.44. The number of sulfonamides is 1. The molecule has 25 heavy (non-hydrogen) atoms. The van der Waals surface area contributed by atoms with E-state index in [2.05, 4.69) is 21.2 Å². The number of carbonyl (C=O) groups is 1. The topological polar surface area (TPSA) is 75.7 Å². The predicted molar refractivity (Wildman–Crippen MR) is 103 cm³/mol. The van der Waals surface area contributed by atoms with Crippen molar-refractivity contribution in [1.29, 1.82) is 0 Å². The Labute approximate surface area is 156 Å². The number of nitrogens with one attached hydrogen (secondary N) is 1. The van der Waals surface area contributed by atoms with Gasteiger partial charge in [0.1, 0.15) is 11.8 Å². The van der Waals surface area contributed by atoms with Crippen LogP contribution in [0.1, 0.15) is 6.92 Å². The molecular weight excluding hydrogens is 408 g/mol. The lowest BCUT2D eigenvalue weighted by atomic mass is 10.2. The van der Waals surface area contributed by atoms with Gasteiger partial charge in [0.25, 0.3) is 0 Å². The van der Waals surface area contributed by atoms with E-state index in [0.717, 1.165) is 15.0 Å². The van der Waals surface area contributed by atoms with Crippen LogP contribution in [0, 0.1) is 0 Å². The van der Waals surface area contributed by atoms with Gasteiger partial charge in [-0.3, -0.25) is 9.10 Å². The van der Waals surface area contributed by atoms with Crippen molar-refractivity contribution in [1.82, 2.24) is 0 Å². The lowest BCUT2D eigenvalue weighted by Gasteiger charge is -2.28. The molecule has 0 bridgehead atoms. The number of rotatable bonds is 6. The molecule has 0 heterocycles. The molecule has 2 aromatic carbocycles. The summed E-state index contributed by atoms with van der Waals surface area (Å²) in [5.74, 6) is 0.0668. The van der Waals surface area contributed by atoms with Crippen molar-refractivity contribution in [2.24, 2.45) is 0 Å². The van der Waals surface area contributed by atoms with Crippen LogP contribution >= 0.6 is 15.9 Å². The van der Waals surface area contributed by atoms with Gasteiger partial charge >= 0.3 is 0 Å². The van der Waals surface area contributed by atoms with Gasteiger partial charge in [0.05, 0.1) is 19.1 Å². The Morgan fingerprint density at radius 3 is 2.48 bits per heavy atom. The normalized spacial score (nSPS) is 12.3. The first kappa shape index (κ1) is 19.3. The van der Waals surface area contributed by atoms with Gasteiger partial charge < -0.3 is 10.1 Å². The average Bonchev–Trinajstić information content (AvgIpc) is 2.53. The van der Waals surface area contributed by atoms with Gasteiger partial charge in [-0.25, -0.2) is 8.42 Å². The average molecular weight is 427 g/mol. The van der Waals surface area contributed by atoms with E-state index in [4.69, 9.17) is 4.74 Å². The largest absolute Gasteiger partial charge is 0.497 e. The first-order chi connectivity index (χ1) is 11.7. The maximum Gasteiger partial charge on any atom is 0.247 e. The number of hydrogen-bond donors (Lipinski definition) is 1. The van der Waals surface area contributed by atoms with Crippen LogP contribution in [0.2, 0.25) is 0 Å². The Morgan fingerprint density at radius 1 is 1.20 bits per heavy atom. The molecule has 1 amide bonds. The summed E-state index contributed by atoms with van der Waals surface area (Å²) in [4.78, 5) is 12.6. The van der Waals surface area contributed by atoms with Crippen molar-refractivity contribution in [3.63, 3.8) is 0 Å². The highest BCUT2D eigenvalue weighted by Gasteiger charge is 2.29. The van der Waals surface area contributed by atoms with E-state index >= 15 is 0 Å². The third-order valence-corrected chi connectivity index (χ3v) is 5.22. The number of anilines is 2. The van der Waals surface area contributed by atoms with Gasteiger partial charge in [0.2, 0.25) is 15.9 Å². The van der Waals surface area contributed by atoms with Gasteiger partial charge in [-0.2, -0.15) is 0 Å². The molecule has 0 aliphatic carbocycles. The Bertz CT molecular complexity index is 870. The number of hydrogen-bond acceptors (Lipinski definition) is 4. The Morgan fingerprint density at radius 2 is 1.88 bits per heavy atom. The maximum atomic E-state index is 12.6. The summed E-state index contributed by atoms with van der Waals surface area (Å²) in [5, 5.41) is 2.73. The van der Waals surface area contributed by atoms with Crippen molar-refractivity contribution < 1.29 is 17.9 Å². The van der Waals surface area contributed by atoms with E-state index in [1.165, 1.54) is 14.0 Å². The van der Waals surface area contributed by atoms with Crippen LogP contribution in [0.4, 0.5) is 11.4 Å². The first-order valence-electron chi connectivity index (χ1n) is 7.42. The Kier molecular flexibility index (Phi) is 6.07. The smallest absolute Gasteiger partial charge is 0.247 e. The second kappa shape index (κ2) is 7.88. The second-order valence-corrected chi connectivity index (χ2v) is 8.21. The Hall–Kier alpha value is -2.06. The molecule has 0 aliphatic rings. The van der Waals surface area contributed by atoms with E-state index in [0.29, 0.717) is 17.1 Å². The zero-order valence-corrected chi connectivity index (χ0v) is 16.5. The molecule has 0 spiro atoms. The van der Waals surface area contributed by atoms with Gasteiger partial charge in [0.15, 0.2) is 0 Å². The molecule has 1 atom stereocenters. The highest BCUT2D eigenvalue weighted by atomic mass is 79.9. The lowest BCUT2D eigenvalue weighted by Crippen LogP contribution is -2.45. The highest BCUT2D eigenvalue weighted by molar-refractivity contribution is 9.10. The maximum absolute atomic E-state index is 12.6. The molecule has 0 unspecified atom stereocenters. The van der Waals surface area contributed by atoms with E-state index in [9.17, 15) is 13.2 Å². The van der Waals surface area contributed by atoms with Gasteiger partial charge in [-0.05, 0) is 37.3 Å². The molecular formula is C17H19BrN2O4S. The summed E-state index contributed by atoms with van der Waals surface area (Å²) >= 11 is 3.33. The molecule has 134 valence electrons. The van der Waals surface area contributed by atoms with Crippen molar-refractivity contribution in [2.45, 2.75) is 13.0 Å².